The molecule has 2 aromatic carbocycles. The first-order valence-corrected chi connectivity index (χ1v) is 7.28. The number of nitrogens with zero attached hydrogens (tertiary/aromatic N) is 3. The lowest BCUT2D eigenvalue weighted by atomic mass is 10.1. The van der Waals surface area contributed by atoms with Crippen molar-refractivity contribution in [1.82, 2.24) is 9.78 Å². The average Bonchev–Trinajstić information content (AvgIpc) is 3.20. The van der Waals surface area contributed by atoms with Crippen molar-refractivity contribution in [2.24, 2.45) is 0 Å². The normalized spacial score (nSPS) is 12.2. The molecular formula is C17H10ClN3O2. The van der Waals surface area contributed by atoms with Gasteiger partial charge in [0.25, 0.3) is 0 Å². The van der Waals surface area contributed by atoms with Crippen LogP contribution in [0.2, 0.25) is 5.02 Å². The van der Waals surface area contributed by atoms with Gasteiger partial charge in [0, 0.05) is 16.7 Å². The Balaban J connectivity index is 1.88. The number of hydrogen-bond acceptors (Lipinski definition) is 4. The third-order valence-electron chi connectivity index (χ3n) is 3.55. The smallest absolute Gasteiger partial charge is 0.231 e. The summed E-state index contributed by atoms with van der Waals surface area (Å²) in [5, 5.41) is 14.1. The van der Waals surface area contributed by atoms with Crippen LogP contribution >= 0.6 is 11.6 Å². The van der Waals surface area contributed by atoms with E-state index in [1.807, 2.05) is 30.3 Å². The molecule has 0 saturated heterocycles. The van der Waals surface area contributed by atoms with Gasteiger partial charge in [-0.25, -0.2) is 4.68 Å². The van der Waals surface area contributed by atoms with E-state index in [0.29, 0.717) is 22.2 Å². The molecule has 0 N–H and O–H groups in total. The van der Waals surface area contributed by atoms with Crippen molar-refractivity contribution in [3.63, 3.8) is 0 Å². The fraction of sp³-hybridized carbons (Fsp3) is 0.0588. The SMILES string of the molecule is N#Cc1cc(-c2ccc3c(c2)OCO3)n(-c2cccc(Cl)c2)n1. The lowest BCUT2D eigenvalue weighted by Crippen LogP contribution is -1.99. The molecule has 0 amide bonds. The van der Waals surface area contributed by atoms with Crippen molar-refractivity contribution in [2.75, 3.05) is 6.79 Å². The highest BCUT2D eigenvalue weighted by molar-refractivity contribution is 6.30. The maximum Gasteiger partial charge on any atom is 0.231 e. The summed E-state index contributed by atoms with van der Waals surface area (Å²) in [5.74, 6) is 1.39. The van der Waals surface area contributed by atoms with Gasteiger partial charge in [0.1, 0.15) is 6.07 Å². The first-order chi connectivity index (χ1) is 11.2. The number of ether oxygens (including phenoxy) is 2. The van der Waals surface area contributed by atoms with Crippen LogP contribution in [0.15, 0.2) is 48.5 Å². The van der Waals surface area contributed by atoms with Gasteiger partial charge in [0.15, 0.2) is 17.2 Å². The van der Waals surface area contributed by atoms with Crippen LogP contribution < -0.4 is 9.47 Å². The van der Waals surface area contributed by atoms with Crippen LogP contribution in [0.1, 0.15) is 5.69 Å². The maximum absolute atomic E-state index is 9.18. The third kappa shape index (κ3) is 2.39. The minimum atomic E-state index is 0.218. The minimum absolute atomic E-state index is 0.218. The van der Waals surface area contributed by atoms with Crippen LogP contribution in [0, 0.1) is 11.3 Å². The number of nitriles is 1. The average molecular weight is 324 g/mol. The highest BCUT2D eigenvalue weighted by Crippen LogP contribution is 2.36. The predicted octanol–water partition coefficient (Wildman–Crippen LogP) is 3.79. The number of aromatic nitrogens is 2. The second-order valence-electron chi connectivity index (χ2n) is 4.99. The van der Waals surface area contributed by atoms with E-state index in [1.54, 1.807) is 22.9 Å². The molecule has 0 saturated carbocycles. The molecule has 4 rings (SSSR count). The zero-order valence-corrected chi connectivity index (χ0v) is 12.6. The number of hydrogen-bond donors (Lipinski definition) is 0. The molecule has 0 bridgehead atoms. The molecule has 0 unspecified atom stereocenters. The van der Waals surface area contributed by atoms with Gasteiger partial charge in [-0.05, 0) is 36.4 Å². The van der Waals surface area contributed by atoms with E-state index < -0.39 is 0 Å². The molecule has 3 aromatic rings. The fourth-order valence-electron chi connectivity index (χ4n) is 2.50. The molecule has 2 heterocycles. The summed E-state index contributed by atoms with van der Waals surface area (Å²) in [5.41, 5.74) is 2.77. The summed E-state index contributed by atoms with van der Waals surface area (Å²) in [6.45, 7) is 0.218. The Bertz CT molecular complexity index is 943. The Morgan fingerprint density at radius 3 is 2.78 bits per heavy atom. The summed E-state index contributed by atoms with van der Waals surface area (Å²) >= 11 is 6.07. The summed E-state index contributed by atoms with van der Waals surface area (Å²) in [7, 11) is 0. The van der Waals surface area contributed by atoms with Crippen molar-refractivity contribution in [2.45, 2.75) is 0 Å². The van der Waals surface area contributed by atoms with E-state index in [2.05, 4.69) is 11.2 Å². The number of rotatable bonds is 2. The van der Waals surface area contributed by atoms with Gasteiger partial charge in [-0.1, -0.05) is 17.7 Å². The Labute approximate surface area is 137 Å². The monoisotopic (exact) mass is 323 g/mol. The fourth-order valence-corrected chi connectivity index (χ4v) is 2.69. The van der Waals surface area contributed by atoms with Gasteiger partial charge < -0.3 is 9.47 Å². The molecule has 1 aliphatic heterocycles. The zero-order valence-electron chi connectivity index (χ0n) is 11.9. The first-order valence-electron chi connectivity index (χ1n) is 6.91. The molecule has 1 aromatic heterocycles. The first kappa shape index (κ1) is 13.7. The third-order valence-corrected chi connectivity index (χ3v) is 3.78. The molecule has 112 valence electrons. The molecule has 1 aliphatic rings. The van der Waals surface area contributed by atoms with Crippen molar-refractivity contribution in [3.05, 3.63) is 59.2 Å². The Hall–Kier alpha value is -2.97. The molecule has 0 spiro atoms. The van der Waals surface area contributed by atoms with Crippen molar-refractivity contribution in [3.8, 4) is 34.5 Å². The van der Waals surface area contributed by atoms with E-state index in [9.17, 15) is 5.26 Å². The highest BCUT2D eigenvalue weighted by atomic mass is 35.5. The second-order valence-corrected chi connectivity index (χ2v) is 5.42. The Morgan fingerprint density at radius 2 is 1.96 bits per heavy atom. The van der Waals surface area contributed by atoms with Gasteiger partial charge in [0.05, 0.1) is 11.4 Å². The molecular weight excluding hydrogens is 314 g/mol. The molecule has 0 aliphatic carbocycles. The molecule has 0 fully saturated rings. The Kier molecular flexibility index (Phi) is 3.18. The zero-order chi connectivity index (χ0) is 15.8. The van der Waals surface area contributed by atoms with Crippen LogP contribution in [0.5, 0.6) is 11.5 Å². The van der Waals surface area contributed by atoms with Crippen LogP contribution in [0.25, 0.3) is 16.9 Å². The lowest BCUT2D eigenvalue weighted by Gasteiger charge is -2.08. The van der Waals surface area contributed by atoms with E-state index in [0.717, 1.165) is 16.9 Å². The quantitative estimate of drug-likeness (QED) is 0.720. The van der Waals surface area contributed by atoms with Gasteiger partial charge >= 0.3 is 0 Å². The number of benzene rings is 2. The van der Waals surface area contributed by atoms with Crippen molar-refractivity contribution in [1.29, 1.82) is 5.26 Å². The summed E-state index contributed by atoms with van der Waals surface area (Å²) in [4.78, 5) is 0. The molecule has 0 radical (unpaired) electrons. The highest BCUT2D eigenvalue weighted by Gasteiger charge is 2.17. The van der Waals surface area contributed by atoms with E-state index in [1.165, 1.54) is 0 Å². The molecule has 5 nitrogen and oxygen atoms in total. The van der Waals surface area contributed by atoms with Gasteiger partial charge in [-0.3, -0.25) is 0 Å². The van der Waals surface area contributed by atoms with E-state index in [-0.39, 0.29) is 6.79 Å². The van der Waals surface area contributed by atoms with Crippen LogP contribution in [0.4, 0.5) is 0 Å². The van der Waals surface area contributed by atoms with E-state index in [4.69, 9.17) is 21.1 Å². The van der Waals surface area contributed by atoms with Crippen LogP contribution in [-0.4, -0.2) is 16.6 Å². The minimum Gasteiger partial charge on any atom is -0.454 e. The van der Waals surface area contributed by atoms with Gasteiger partial charge in [0.2, 0.25) is 6.79 Å². The maximum atomic E-state index is 9.18. The second kappa shape index (κ2) is 5.34. The predicted molar refractivity (Wildman–Crippen MR) is 84.8 cm³/mol. The molecule has 6 heteroatoms. The number of fused-ring (bicyclic) bond motifs is 1. The van der Waals surface area contributed by atoms with Crippen molar-refractivity contribution < 1.29 is 9.47 Å². The van der Waals surface area contributed by atoms with Gasteiger partial charge in [-0.15, -0.1) is 0 Å². The topological polar surface area (TPSA) is 60.1 Å². The molecule has 0 atom stereocenters. The van der Waals surface area contributed by atoms with Crippen molar-refractivity contribution >= 4 is 11.6 Å². The Morgan fingerprint density at radius 1 is 1.09 bits per heavy atom. The van der Waals surface area contributed by atoms with E-state index >= 15 is 0 Å². The van der Waals surface area contributed by atoms with Crippen LogP contribution in [-0.2, 0) is 0 Å². The summed E-state index contributed by atoms with van der Waals surface area (Å²) in [6.07, 6.45) is 0. The number of halogens is 1. The molecule has 23 heavy (non-hydrogen) atoms. The largest absolute Gasteiger partial charge is 0.454 e. The summed E-state index contributed by atoms with van der Waals surface area (Å²) in [6, 6.07) is 16.8. The standard InChI is InChI=1S/C17H10ClN3O2/c18-12-2-1-3-14(7-12)21-15(8-13(9-19)20-21)11-4-5-16-17(6-11)23-10-22-16/h1-8H,10H2. The van der Waals surface area contributed by atoms with Gasteiger partial charge in [-0.2, -0.15) is 10.4 Å². The summed E-state index contributed by atoms with van der Waals surface area (Å²) < 4.78 is 12.4. The van der Waals surface area contributed by atoms with Crippen LogP contribution in [0.3, 0.4) is 0 Å². The lowest BCUT2D eigenvalue weighted by molar-refractivity contribution is 0.174.